The van der Waals surface area contributed by atoms with Crippen molar-refractivity contribution in [2.24, 2.45) is 0 Å². The zero-order chi connectivity index (χ0) is 17.1. The predicted molar refractivity (Wildman–Crippen MR) is 97.5 cm³/mol. The maximum Gasteiger partial charge on any atom is 0.189 e. The van der Waals surface area contributed by atoms with E-state index in [2.05, 4.69) is 22.0 Å². The van der Waals surface area contributed by atoms with Crippen molar-refractivity contribution >= 4 is 10.9 Å². The van der Waals surface area contributed by atoms with Crippen LogP contribution in [0.5, 0.6) is 5.75 Å². The molecule has 0 bridgehead atoms. The van der Waals surface area contributed by atoms with Gasteiger partial charge in [-0.25, -0.2) is 0 Å². The van der Waals surface area contributed by atoms with Crippen LogP contribution < -0.4 is 10.2 Å². The van der Waals surface area contributed by atoms with E-state index in [1.54, 1.807) is 13.2 Å². The van der Waals surface area contributed by atoms with Crippen molar-refractivity contribution in [1.82, 2.24) is 9.88 Å². The van der Waals surface area contributed by atoms with E-state index in [0.29, 0.717) is 6.54 Å². The van der Waals surface area contributed by atoms with Crippen molar-refractivity contribution in [3.63, 3.8) is 0 Å². The van der Waals surface area contributed by atoms with Crippen molar-refractivity contribution in [1.29, 1.82) is 0 Å². The highest BCUT2D eigenvalue weighted by Gasteiger charge is 2.06. The number of aryl methyl sites for hydroxylation is 1. The number of ether oxygens (including phenoxy) is 1. The summed E-state index contributed by atoms with van der Waals surface area (Å²) < 4.78 is 5.18. The molecule has 0 fully saturated rings. The summed E-state index contributed by atoms with van der Waals surface area (Å²) in [4.78, 5) is 17.9. The number of nitrogens with zero attached hydrogens (tertiary/aromatic N) is 1. The minimum absolute atomic E-state index is 0.0697. The maximum absolute atomic E-state index is 12.3. The largest absolute Gasteiger partial charge is 0.497 e. The molecule has 24 heavy (non-hydrogen) atoms. The first-order valence-electron chi connectivity index (χ1n) is 7.99. The van der Waals surface area contributed by atoms with Gasteiger partial charge in [0.05, 0.1) is 7.11 Å². The Bertz CT molecular complexity index is 898. The monoisotopic (exact) mass is 322 g/mol. The van der Waals surface area contributed by atoms with E-state index in [-0.39, 0.29) is 5.43 Å². The fourth-order valence-electron chi connectivity index (χ4n) is 2.89. The van der Waals surface area contributed by atoms with E-state index < -0.39 is 0 Å². The molecule has 4 heteroatoms. The summed E-state index contributed by atoms with van der Waals surface area (Å²) in [5.41, 5.74) is 4.18. The molecule has 1 N–H and O–H groups in total. The predicted octanol–water partition coefficient (Wildman–Crippen LogP) is 3.48. The van der Waals surface area contributed by atoms with Crippen LogP contribution in [0.4, 0.5) is 0 Å². The van der Waals surface area contributed by atoms with E-state index in [0.717, 1.165) is 34.5 Å². The van der Waals surface area contributed by atoms with Gasteiger partial charge in [-0.1, -0.05) is 23.8 Å². The van der Waals surface area contributed by atoms with Crippen LogP contribution in [-0.2, 0) is 13.1 Å². The number of benzene rings is 2. The van der Waals surface area contributed by atoms with Crippen LogP contribution in [0.1, 0.15) is 16.8 Å². The van der Waals surface area contributed by atoms with Crippen molar-refractivity contribution in [2.75, 3.05) is 14.2 Å². The standard InChI is InChI=1S/C20H22N2O2/c1-14-4-9-19-18(10-14)20(23)11-16(21-19)13-22(2)12-15-5-7-17(24-3)8-6-15/h4-11H,12-13H2,1-3H3,(H,21,23). The highest BCUT2D eigenvalue weighted by atomic mass is 16.5. The molecular formula is C20H22N2O2. The van der Waals surface area contributed by atoms with E-state index in [1.165, 1.54) is 5.56 Å². The zero-order valence-corrected chi connectivity index (χ0v) is 14.3. The lowest BCUT2D eigenvalue weighted by atomic mass is 10.1. The van der Waals surface area contributed by atoms with Gasteiger partial charge in [-0.2, -0.15) is 0 Å². The second-order valence-electron chi connectivity index (χ2n) is 6.23. The Kier molecular flexibility index (Phi) is 4.67. The molecule has 1 heterocycles. The van der Waals surface area contributed by atoms with Crippen LogP contribution >= 0.6 is 0 Å². The lowest BCUT2D eigenvalue weighted by Gasteiger charge is -2.17. The second-order valence-corrected chi connectivity index (χ2v) is 6.23. The molecule has 0 saturated carbocycles. The topological polar surface area (TPSA) is 45.3 Å². The van der Waals surface area contributed by atoms with Crippen LogP contribution in [0, 0.1) is 6.92 Å². The van der Waals surface area contributed by atoms with Crippen LogP contribution in [0.3, 0.4) is 0 Å². The molecule has 0 aliphatic carbocycles. The summed E-state index contributed by atoms with van der Waals surface area (Å²) in [6.07, 6.45) is 0. The molecule has 0 spiro atoms. The summed E-state index contributed by atoms with van der Waals surface area (Å²) >= 11 is 0. The minimum Gasteiger partial charge on any atom is -0.497 e. The molecule has 1 aromatic heterocycles. The maximum atomic E-state index is 12.3. The SMILES string of the molecule is COc1ccc(CN(C)Cc2cc(=O)c3cc(C)ccc3[nH]2)cc1. The van der Waals surface area contributed by atoms with Gasteiger partial charge < -0.3 is 9.72 Å². The average molecular weight is 322 g/mol. The van der Waals surface area contributed by atoms with Crippen LogP contribution in [0.25, 0.3) is 10.9 Å². The van der Waals surface area contributed by atoms with Crippen molar-refractivity contribution < 1.29 is 4.74 Å². The summed E-state index contributed by atoms with van der Waals surface area (Å²) in [5.74, 6) is 0.857. The lowest BCUT2D eigenvalue weighted by Crippen LogP contribution is -2.19. The molecule has 0 radical (unpaired) electrons. The number of H-pyrrole nitrogens is 1. The molecule has 0 atom stereocenters. The van der Waals surface area contributed by atoms with E-state index >= 15 is 0 Å². The Morgan fingerprint density at radius 3 is 2.50 bits per heavy atom. The van der Waals surface area contributed by atoms with Crippen LogP contribution in [0.15, 0.2) is 53.3 Å². The molecule has 3 aromatic rings. The number of nitrogens with one attached hydrogen (secondary N) is 1. The molecule has 2 aromatic carbocycles. The fraction of sp³-hybridized carbons (Fsp3) is 0.250. The number of pyridine rings is 1. The fourth-order valence-corrected chi connectivity index (χ4v) is 2.89. The summed E-state index contributed by atoms with van der Waals surface area (Å²) in [6, 6.07) is 15.7. The number of methoxy groups -OCH3 is 1. The molecule has 0 unspecified atom stereocenters. The van der Waals surface area contributed by atoms with Gasteiger partial charge in [0.15, 0.2) is 5.43 Å². The summed E-state index contributed by atoms with van der Waals surface area (Å²) in [7, 11) is 3.71. The molecule has 124 valence electrons. The van der Waals surface area contributed by atoms with Crippen molar-refractivity contribution in [3.05, 3.63) is 75.6 Å². The second kappa shape index (κ2) is 6.89. The van der Waals surface area contributed by atoms with Gasteiger partial charge in [0.25, 0.3) is 0 Å². The lowest BCUT2D eigenvalue weighted by molar-refractivity contribution is 0.315. The Balaban J connectivity index is 1.76. The first-order chi connectivity index (χ1) is 11.5. The normalized spacial score (nSPS) is 11.2. The van der Waals surface area contributed by atoms with Crippen molar-refractivity contribution in [2.45, 2.75) is 20.0 Å². The van der Waals surface area contributed by atoms with Gasteiger partial charge in [0, 0.05) is 35.8 Å². The Labute approximate surface area is 141 Å². The van der Waals surface area contributed by atoms with Crippen LogP contribution in [0.2, 0.25) is 0 Å². The van der Waals surface area contributed by atoms with Crippen LogP contribution in [-0.4, -0.2) is 24.0 Å². The van der Waals surface area contributed by atoms with E-state index in [1.807, 2.05) is 44.3 Å². The third-order valence-electron chi connectivity index (χ3n) is 4.09. The smallest absolute Gasteiger partial charge is 0.189 e. The Morgan fingerprint density at radius 2 is 1.79 bits per heavy atom. The number of aromatic nitrogens is 1. The quantitative estimate of drug-likeness (QED) is 0.782. The molecule has 3 rings (SSSR count). The highest BCUT2D eigenvalue weighted by molar-refractivity contribution is 5.79. The van der Waals surface area contributed by atoms with Gasteiger partial charge >= 0.3 is 0 Å². The van der Waals surface area contributed by atoms with Gasteiger partial charge in [0.2, 0.25) is 0 Å². The number of aromatic amines is 1. The van der Waals surface area contributed by atoms with Crippen molar-refractivity contribution in [3.8, 4) is 5.75 Å². The summed E-state index contributed by atoms with van der Waals surface area (Å²) in [6.45, 7) is 3.48. The Hall–Kier alpha value is -2.59. The van der Waals surface area contributed by atoms with E-state index in [4.69, 9.17) is 4.74 Å². The Morgan fingerprint density at radius 1 is 1.04 bits per heavy atom. The summed E-state index contributed by atoms with van der Waals surface area (Å²) in [5, 5.41) is 0.747. The highest BCUT2D eigenvalue weighted by Crippen LogP contribution is 2.14. The number of hydrogen-bond donors (Lipinski definition) is 1. The van der Waals surface area contributed by atoms with Gasteiger partial charge in [-0.15, -0.1) is 0 Å². The molecule has 4 nitrogen and oxygen atoms in total. The van der Waals surface area contributed by atoms with Gasteiger partial charge in [0.1, 0.15) is 5.75 Å². The minimum atomic E-state index is 0.0697. The molecule has 0 saturated heterocycles. The number of fused-ring (bicyclic) bond motifs is 1. The average Bonchev–Trinajstić information content (AvgIpc) is 2.56. The number of rotatable bonds is 5. The van der Waals surface area contributed by atoms with E-state index in [9.17, 15) is 4.79 Å². The molecule has 0 aliphatic rings. The molecule has 0 amide bonds. The molecular weight excluding hydrogens is 300 g/mol. The van der Waals surface area contributed by atoms with Gasteiger partial charge in [-0.05, 0) is 43.8 Å². The molecule has 0 aliphatic heterocycles. The zero-order valence-electron chi connectivity index (χ0n) is 14.3. The number of hydrogen-bond acceptors (Lipinski definition) is 3. The first-order valence-corrected chi connectivity index (χ1v) is 7.99. The van der Waals surface area contributed by atoms with Gasteiger partial charge in [-0.3, -0.25) is 9.69 Å². The third kappa shape index (κ3) is 3.66. The third-order valence-corrected chi connectivity index (χ3v) is 4.09. The first kappa shape index (κ1) is 16.3.